The van der Waals surface area contributed by atoms with E-state index in [4.69, 9.17) is 0 Å². The largest absolute Gasteiger partial charge is 0.348 e. The van der Waals surface area contributed by atoms with Crippen LogP contribution in [0.25, 0.3) is 0 Å². The van der Waals surface area contributed by atoms with Crippen molar-refractivity contribution in [3.63, 3.8) is 0 Å². The van der Waals surface area contributed by atoms with Crippen LogP contribution >= 0.6 is 11.3 Å². The van der Waals surface area contributed by atoms with Crippen molar-refractivity contribution in [1.82, 2.24) is 5.32 Å². The van der Waals surface area contributed by atoms with Gasteiger partial charge in [-0.05, 0) is 32.4 Å². The minimum atomic E-state index is -0.448. The van der Waals surface area contributed by atoms with Gasteiger partial charge in [0, 0.05) is 16.0 Å². The summed E-state index contributed by atoms with van der Waals surface area (Å²) in [7, 11) is 0. The van der Waals surface area contributed by atoms with Crippen molar-refractivity contribution in [2.75, 3.05) is 0 Å². The van der Waals surface area contributed by atoms with Crippen molar-refractivity contribution in [2.24, 2.45) is 4.99 Å². The van der Waals surface area contributed by atoms with Gasteiger partial charge in [-0.25, -0.2) is 4.39 Å². The summed E-state index contributed by atoms with van der Waals surface area (Å²) >= 11 is 1.68. The molecule has 1 atom stereocenters. The maximum atomic E-state index is 13.6. The van der Waals surface area contributed by atoms with Crippen molar-refractivity contribution in [3.8, 4) is 0 Å². The van der Waals surface area contributed by atoms with Gasteiger partial charge in [-0.2, -0.15) is 0 Å². The van der Waals surface area contributed by atoms with Gasteiger partial charge in [0.15, 0.2) is 0 Å². The molecule has 4 heteroatoms. The van der Waals surface area contributed by atoms with E-state index in [1.807, 2.05) is 26.8 Å². The quantitative estimate of drug-likeness (QED) is 0.778. The number of thiophene rings is 1. The number of hydrogen-bond donors (Lipinski definition) is 1. The molecule has 2 heterocycles. The van der Waals surface area contributed by atoms with Crippen LogP contribution in [0.5, 0.6) is 0 Å². The Labute approximate surface area is 92.5 Å². The number of halogens is 1. The van der Waals surface area contributed by atoms with Crippen molar-refractivity contribution in [2.45, 2.75) is 26.8 Å². The highest BCUT2D eigenvalue weighted by Crippen LogP contribution is 2.34. The molecule has 1 aromatic heterocycles. The molecule has 1 N–H and O–H groups in total. The Morgan fingerprint density at radius 1 is 1.40 bits per heavy atom. The van der Waals surface area contributed by atoms with Crippen LogP contribution in [0.15, 0.2) is 23.1 Å². The van der Waals surface area contributed by atoms with E-state index in [9.17, 15) is 4.39 Å². The molecule has 1 unspecified atom stereocenters. The summed E-state index contributed by atoms with van der Waals surface area (Å²) in [5.41, 5.74) is 0.979. The number of nitrogens with zero attached hydrogens (tertiary/aromatic N) is 1. The van der Waals surface area contributed by atoms with Crippen molar-refractivity contribution < 1.29 is 4.39 Å². The number of hydrogen-bond acceptors (Lipinski definition) is 3. The van der Waals surface area contributed by atoms with Crippen LogP contribution < -0.4 is 5.32 Å². The molecular weight excluding hydrogens is 211 g/mol. The van der Waals surface area contributed by atoms with Gasteiger partial charge in [-0.1, -0.05) is 0 Å². The van der Waals surface area contributed by atoms with Gasteiger partial charge < -0.3 is 5.32 Å². The second kappa shape index (κ2) is 3.77. The molecule has 0 spiro atoms. The third-order valence-electron chi connectivity index (χ3n) is 2.38. The summed E-state index contributed by atoms with van der Waals surface area (Å²) in [4.78, 5) is 6.61. The zero-order valence-corrected chi connectivity index (χ0v) is 9.78. The summed E-state index contributed by atoms with van der Waals surface area (Å²) in [5.74, 6) is 0.533. The highest BCUT2D eigenvalue weighted by atomic mass is 32.1. The molecule has 0 radical (unpaired) electrons. The highest BCUT2D eigenvalue weighted by molar-refractivity contribution is 7.12. The summed E-state index contributed by atoms with van der Waals surface area (Å²) in [5, 5.41) is 2.77. The molecule has 0 saturated heterocycles. The smallest absolute Gasteiger partial charge is 0.145 e. The molecule has 0 aliphatic carbocycles. The zero-order valence-electron chi connectivity index (χ0n) is 8.97. The lowest BCUT2D eigenvalue weighted by Crippen LogP contribution is -2.20. The van der Waals surface area contributed by atoms with E-state index < -0.39 is 6.04 Å². The zero-order chi connectivity index (χ0) is 11.0. The molecule has 0 fully saturated rings. The first-order valence-electron chi connectivity index (χ1n) is 4.81. The third-order valence-corrected chi connectivity index (χ3v) is 3.36. The Hall–Kier alpha value is -1.16. The molecular formula is C11H13FN2S. The Morgan fingerprint density at radius 2 is 2.13 bits per heavy atom. The minimum Gasteiger partial charge on any atom is -0.348 e. The van der Waals surface area contributed by atoms with Gasteiger partial charge in [0.25, 0.3) is 0 Å². The monoisotopic (exact) mass is 224 g/mol. The molecule has 1 aromatic rings. The van der Waals surface area contributed by atoms with E-state index in [-0.39, 0.29) is 5.83 Å². The maximum Gasteiger partial charge on any atom is 0.145 e. The minimum absolute atomic E-state index is 0.221. The third kappa shape index (κ3) is 1.95. The fraction of sp³-hybridized carbons (Fsp3) is 0.364. The van der Waals surface area contributed by atoms with E-state index in [0.717, 1.165) is 16.3 Å². The maximum absolute atomic E-state index is 13.6. The summed E-state index contributed by atoms with van der Waals surface area (Å²) < 4.78 is 13.6. The molecule has 80 valence electrons. The standard InChI is InChI=1S/C11H13FN2S/c1-6-4-9(7(2)15-6)11-10(12)5-13-8(3)14-11/h4-5,11H,1-3H3,(H,13,14). The van der Waals surface area contributed by atoms with E-state index in [1.165, 1.54) is 11.1 Å². The first-order chi connectivity index (χ1) is 7.08. The first-order valence-corrected chi connectivity index (χ1v) is 5.63. The van der Waals surface area contributed by atoms with Crippen molar-refractivity contribution in [3.05, 3.63) is 33.4 Å². The average Bonchev–Trinajstić information content (AvgIpc) is 2.50. The van der Waals surface area contributed by atoms with Crippen LogP contribution in [0.1, 0.15) is 28.3 Å². The van der Waals surface area contributed by atoms with Crippen LogP contribution in [0.3, 0.4) is 0 Å². The predicted octanol–water partition coefficient (Wildman–Crippen LogP) is 3.24. The van der Waals surface area contributed by atoms with Gasteiger partial charge in [0.1, 0.15) is 11.9 Å². The Bertz CT molecular complexity index is 445. The fourth-order valence-electron chi connectivity index (χ4n) is 1.68. The average molecular weight is 224 g/mol. The van der Waals surface area contributed by atoms with Crippen LogP contribution in [0.2, 0.25) is 0 Å². The molecule has 1 aliphatic rings. The lowest BCUT2D eigenvalue weighted by Gasteiger charge is -2.16. The summed E-state index contributed by atoms with van der Waals surface area (Å²) in [6, 6.07) is 1.57. The Kier molecular flexibility index (Phi) is 2.61. The van der Waals surface area contributed by atoms with Gasteiger partial charge >= 0.3 is 0 Å². The second-order valence-corrected chi connectivity index (χ2v) is 5.12. The van der Waals surface area contributed by atoms with E-state index in [1.54, 1.807) is 11.3 Å². The number of aliphatic imine (C=N–C) groups is 1. The molecule has 0 saturated carbocycles. The molecule has 1 aliphatic heterocycles. The fourth-order valence-corrected chi connectivity index (χ4v) is 2.64. The number of nitrogens with one attached hydrogen (secondary N) is 1. The normalized spacial score (nSPS) is 20.7. The highest BCUT2D eigenvalue weighted by Gasteiger charge is 2.22. The van der Waals surface area contributed by atoms with Crippen LogP contribution in [-0.2, 0) is 0 Å². The van der Waals surface area contributed by atoms with Crippen LogP contribution in [-0.4, -0.2) is 5.84 Å². The van der Waals surface area contributed by atoms with Crippen LogP contribution in [0.4, 0.5) is 4.39 Å². The number of rotatable bonds is 1. The van der Waals surface area contributed by atoms with Gasteiger partial charge in [0.05, 0.1) is 5.84 Å². The second-order valence-electron chi connectivity index (χ2n) is 3.66. The first kappa shape index (κ1) is 10.4. The Morgan fingerprint density at radius 3 is 2.73 bits per heavy atom. The van der Waals surface area contributed by atoms with E-state index in [2.05, 4.69) is 10.3 Å². The molecule has 2 rings (SSSR count). The lowest BCUT2D eigenvalue weighted by atomic mass is 10.1. The molecule has 0 amide bonds. The Balaban J connectivity index is 2.41. The van der Waals surface area contributed by atoms with Crippen LogP contribution in [0, 0.1) is 13.8 Å². The number of aryl methyl sites for hydroxylation is 2. The van der Waals surface area contributed by atoms with E-state index in [0.29, 0.717) is 0 Å². The number of amidine groups is 1. The SMILES string of the molecule is CC1=NC(c2cc(C)sc2C)C(F)=CN1. The van der Waals surface area contributed by atoms with Crippen molar-refractivity contribution in [1.29, 1.82) is 0 Å². The molecule has 15 heavy (non-hydrogen) atoms. The lowest BCUT2D eigenvalue weighted by molar-refractivity contribution is 0.540. The topological polar surface area (TPSA) is 24.4 Å². The molecule has 0 aromatic carbocycles. The molecule has 2 nitrogen and oxygen atoms in total. The van der Waals surface area contributed by atoms with Gasteiger partial charge in [0.2, 0.25) is 0 Å². The summed E-state index contributed by atoms with van der Waals surface area (Å²) in [6.07, 6.45) is 1.39. The van der Waals surface area contributed by atoms with Crippen molar-refractivity contribution >= 4 is 17.2 Å². The summed E-state index contributed by atoms with van der Waals surface area (Å²) in [6.45, 7) is 5.87. The molecule has 0 bridgehead atoms. The van der Waals surface area contributed by atoms with E-state index >= 15 is 0 Å². The van der Waals surface area contributed by atoms with Gasteiger partial charge in [-0.15, -0.1) is 11.3 Å². The van der Waals surface area contributed by atoms with Gasteiger partial charge in [-0.3, -0.25) is 4.99 Å². The predicted molar refractivity (Wildman–Crippen MR) is 62.0 cm³/mol.